The number of likely N-dealkylation sites (tertiary alicyclic amines) is 1. The molecular formula is C14H21N3O. The van der Waals surface area contributed by atoms with Crippen LogP contribution in [0, 0.1) is 6.92 Å². The molecule has 0 unspecified atom stereocenters. The minimum Gasteiger partial charge on any atom is -0.340 e. The number of benzene rings is 1. The van der Waals surface area contributed by atoms with Gasteiger partial charge in [0.05, 0.1) is 6.54 Å². The van der Waals surface area contributed by atoms with Crippen LogP contribution in [0.5, 0.6) is 0 Å². The van der Waals surface area contributed by atoms with Crippen molar-refractivity contribution in [2.24, 2.45) is 5.73 Å². The van der Waals surface area contributed by atoms with Crippen LogP contribution in [0.4, 0.5) is 0 Å². The maximum atomic E-state index is 12.0. The Bertz CT molecular complexity index is 427. The Kier molecular flexibility index (Phi) is 3.99. The molecule has 0 radical (unpaired) electrons. The van der Waals surface area contributed by atoms with E-state index in [1.165, 1.54) is 11.1 Å². The zero-order valence-corrected chi connectivity index (χ0v) is 11.1. The SMILES string of the molecule is Cc1ccccc1CN(C)C(=O)CN1CC(N)C1. The maximum Gasteiger partial charge on any atom is 0.236 e. The van der Waals surface area contributed by atoms with Crippen LogP contribution in [0.1, 0.15) is 11.1 Å². The molecule has 4 nitrogen and oxygen atoms in total. The number of nitrogens with two attached hydrogens (primary N) is 1. The van der Waals surface area contributed by atoms with Crippen LogP contribution < -0.4 is 5.73 Å². The second-order valence-corrected chi connectivity index (χ2v) is 5.13. The number of carbonyl (C=O) groups excluding carboxylic acids is 1. The number of amides is 1. The Labute approximate surface area is 108 Å². The van der Waals surface area contributed by atoms with Crippen LogP contribution in [-0.4, -0.2) is 48.4 Å². The molecule has 1 saturated heterocycles. The molecule has 2 N–H and O–H groups in total. The van der Waals surface area contributed by atoms with E-state index in [0.717, 1.165) is 13.1 Å². The first-order chi connectivity index (χ1) is 8.56. The van der Waals surface area contributed by atoms with Gasteiger partial charge in [-0.2, -0.15) is 0 Å². The average molecular weight is 247 g/mol. The molecule has 0 aromatic heterocycles. The fourth-order valence-electron chi connectivity index (χ4n) is 2.18. The van der Waals surface area contributed by atoms with Gasteiger partial charge >= 0.3 is 0 Å². The standard InChI is InChI=1S/C14H21N3O/c1-11-5-3-4-6-12(11)7-16(2)14(18)10-17-8-13(15)9-17/h3-6,13H,7-10,15H2,1-2H3. The highest BCUT2D eigenvalue weighted by Gasteiger charge is 2.25. The maximum absolute atomic E-state index is 12.0. The van der Waals surface area contributed by atoms with Gasteiger partial charge < -0.3 is 10.6 Å². The molecule has 1 aromatic rings. The number of rotatable bonds is 4. The lowest BCUT2D eigenvalue weighted by molar-refractivity contribution is -0.132. The van der Waals surface area contributed by atoms with E-state index in [9.17, 15) is 4.79 Å². The van der Waals surface area contributed by atoms with Crippen LogP contribution in [0.3, 0.4) is 0 Å². The van der Waals surface area contributed by atoms with Gasteiger partial charge in [-0.1, -0.05) is 24.3 Å². The van der Waals surface area contributed by atoms with E-state index in [4.69, 9.17) is 5.73 Å². The number of hydrogen-bond acceptors (Lipinski definition) is 3. The van der Waals surface area contributed by atoms with Gasteiger partial charge in [-0.3, -0.25) is 9.69 Å². The molecular weight excluding hydrogens is 226 g/mol. The summed E-state index contributed by atoms with van der Waals surface area (Å²) in [5, 5.41) is 0. The summed E-state index contributed by atoms with van der Waals surface area (Å²) >= 11 is 0. The molecule has 1 fully saturated rings. The van der Waals surface area contributed by atoms with Crippen molar-refractivity contribution in [3.8, 4) is 0 Å². The molecule has 1 aromatic carbocycles. The topological polar surface area (TPSA) is 49.6 Å². The largest absolute Gasteiger partial charge is 0.340 e. The molecule has 2 rings (SSSR count). The third kappa shape index (κ3) is 3.09. The summed E-state index contributed by atoms with van der Waals surface area (Å²) in [5.74, 6) is 0.158. The second-order valence-electron chi connectivity index (χ2n) is 5.13. The van der Waals surface area contributed by atoms with E-state index >= 15 is 0 Å². The first kappa shape index (κ1) is 13.1. The number of aryl methyl sites for hydroxylation is 1. The van der Waals surface area contributed by atoms with E-state index < -0.39 is 0 Å². The fraction of sp³-hybridized carbons (Fsp3) is 0.500. The number of carbonyl (C=O) groups is 1. The lowest BCUT2D eigenvalue weighted by Crippen LogP contribution is -2.57. The lowest BCUT2D eigenvalue weighted by Gasteiger charge is -2.37. The highest BCUT2D eigenvalue weighted by atomic mass is 16.2. The van der Waals surface area contributed by atoms with Crippen molar-refractivity contribution in [2.75, 3.05) is 26.7 Å². The third-order valence-electron chi connectivity index (χ3n) is 3.44. The molecule has 1 heterocycles. The lowest BCUT2D eigenvalue weighted by atomic mass is 10.1. The van der Waals surface area contributed by atoms with Gasteiger partial charge in [0, 0.05) is 32.7 Å². The van der Waals surface area contributed by atoms with Gasteiger partial charge in [0.2, 0.25) is 5.91 Å². The fourth-order valence-corrected chi connectivity index (χ4v) is 2.18. The van der Waals surface area contributed by atoms with Gasteiger partial charge in [-0.25, -0.2) is 0 Å². The van der Waals surface area contributed by atoms with Gasteiger partial charge in [0.1, 0.15) is 0 Å². The summed E-state index contributed by atoms with van der Waals surface area (Å²) in [7, 11) is 1.86. The minimum absolute atomic E-state index is 0.158. The van der Waals surface area contributed by atoms with Crippen LogP contribution in [-0.2, 0) is 11.3 Å². The Hall–Kier alpha value is -1.39. The first-order valence-electron chi connectivity index (χ1n) is 6.32. The summed E-state index contributed by atoms with van der Waals surface area (Å²) in [6, 6.07) is 8.41. The predicted molar refractivity (Wildman–Crippen MR) is 72.1 cm³/mol. The zero-order valence-electron chi connectivity index (χ0n) is 11.1. The smallest absolute Gasteiger partial charge is 0.236 e. The molecule has 0 spiro atoms. The monoisotopic (exact) mass is 247 g/mol. The average Bonchev–Trinajstić information content (AvgIpc) is 2.30. The number of nitrogens with zero attached hydrogens (tertiary/aromatic N) is 2. The Morgan fingerprint density at radius 3 is 2.72 bits per heavy atom. The predicted octanol–water partition coefficient (Wildman–Crippen LogP) is 0.596. The van der Waals surface area contributed by atoms with Gasteiger partial charge in [0.15, 0.2) is 0 Å². The van der Waals surface area contributed by atoms with Crippen molar-refractivity contribution in [3.05, 3.63) is 35.4 Å². The molecule has 18 heavy (non-hydrogen) atoms. The highest BCUT2D eigenvalue weighted by Crippen LogP contribution is 2.11. The van der Waals surface area contributed by atoms with Crippen LogP contribution in [0.2, 0.25) is 0 Å². The quantitative estimate of drug-likeness (QED) is 0.847. The highest BCUT2D eigenvalue weighted by molar-refractivity contribution is 5.78. The van der Waals surface area contributed by atoms with Crippen molar-refractivity contribution in [3.63, 3.8) is 0 Å². The third-order valence-corrected chi connectivity index (χ3v) is 3.44. The van der Waals surface area contributed by atoms with Crippen molar-refractivity contribution < 1.29 is 4.79 Å². The molecule has 1 amide bonds. The molecule has 0 bridgehead atoms. The van der Waals surface area contributed by atoms with Gasteiger partial charge in [-0.15, -0.1) is 0 Å². The normalized spacial score (nSPS) is 16.4. The summed E-state index contributed by atoms with van der Waals surface area (Å²) < 4.78 is 0. The molecule has 0 aliphatic carbocycles. The van der Waals surface area contributed by atoms with Gasteiger partial charge in [-0.05, 0) is 18.1 Å². The Morgan fingerprint density at radius 2 is 2.11 bits per heavy atom. The van der Waals surface area contributed by atoms with Crippen molar-refractivity contribution in [1.29, 1.82) is 0 Å². The first-order valence-corrected chi connectivity index (χ1v) is 6.32. The molecule has 98 valence electrons. The summed E-state index contributed by atoms with van der Waals surface area (Å²) in [6.07, 6.45) is 0. The van der Waals surface area contributed by atoms with Crippen LogP contribution in [0.25, 0.3) is 0 Å². The molecule has 4 heteroatoms. The number of likely N-dealkylation sites (N-methyl/N-ethyl adjacent to an activating group) is 1. The molecule has 0 saturated carbocycles. The van der Waals surface area contributed by atoms with Crippen molar-refractivity contribution in [1.82, 2.24) is 9.80 Å². The minimum atomic E-state index is 0.158. The Morgan fingerprint density at radius 1 is 1.44 bits per heavy atom. The van der Waals surface area contributed by atoms with E-state index in [0.29, 0.717) is 13.1 Å². The van der Waals surface area contributed by atoms with Crippen molar-refractivity contribution >= 4 is 5.91 Å². The van der Waals surface area contributed by atoms with E-state index in [-0.39, 0.29) is 11.9 Å². The molecule has 1 aliphatic heterocycles. The zero-order chi connectivity index (χ0) is 13.1. The van der Waals surface area contributed by atoms with Gasteiger partial charge in [0.25, 0.3) is 0 Å². The van der Waals surface area contributed by atoms with Crippen LogP contribution >= 0.6 is 0 Å². The summed E-state index contributed by atoms with van der Waals surface area (Å²) in [6.45, 7) is 4.90. The summed E-state index contributed by atoms with van der Waals surface area (Å²) in [5.41, 5.74) is 8.13. The van der Waals surface area contributed by atoms with Crippen LogP contribution in [0.15, 0.2) is 24.3 Å². The molecule has 1 aliphatic rings. The Balaban J connectivity index is 1.86. The van der Waals surface area contributed by atoms with E-state index in [1.54, 1.807) is 4.90 Å². The van der Waals surface area contributed by atoms with E-state index in [1.807, 2.05) is 19.2 Å². The summed E-state index contributed by atoms with van der Waals surface area (Å²) in [4.78, 5) is 15.9. The van der Waals surface area contributed by atoms with E-state index in [2.05, 4.69) is 24.0 Å². The second kappa shape index (κ2) is 5.50. The number of hydrogen-bond donors (Lipinski definition) is 1. The van der Waals surface area contributed by atoms with Crippen molar-refractivity contribution in [2.45, 2.75) is 19.5 Å². The molecule has 0 atom stereocenters.